The molecule has 0 aliphatic rings. The molecule has 0 aliphatic carbocycles. The second-order valence-corrected chi connectivity index (χ2v) is 3.55. The van der Waals surface area contributed by atoms with E-state index in [1.165, 1.54) is 3.79 Å². The first-order valence-corrected chi connectivity index (χ1v) is 4.12. The zero-order valence-electron chi connectivity index (χ0n) is 4.43. The van der Waals surface area contributed by atoms with Crippen LogP contribution in [0.5, 0.6) is 0 Å². The zero-order chi connectivity index (χ0) is 7.11. The summed E-state index contributed by atoms with van der Waals surface area (Å²) in [5.41, 5.74) is 0. The van der Waals surface area contributed by atoms with Crippen LogP contribution < -0.4 is 0 Å². The average molecular weight is 222 g/mol. The summed E-state index contributed by atoms with van der Waals surface area (Å²) in [4.78, 5) is 0. The van der Waals surface area contributed by atoms with Crippen molar-refractivity contribution >= 4 is 44.6 Å². The van der Waals surface area contributed by atoms with Crippen molar-refractivity contribution in [2.75, 3.05) is 0 Å². The first-order valence-electron chi connectivity index (χ1n) is 2.04. The van der Waals surface area contributed by atoms with E-state index >= 15 is 0 Å². The van der Waals surface area contributed by atoms with Crippen LogP contribution in [0.1, 0.15) is 0 Å². The molecule has 0 bridgehead atoms. The topological polar surface area (TPSA) is 23.9 Å². The maximum Gasteiger partial charge on any atom is 0.0698 e. The van der Waals surface area contributed by atoms with Crippen molar-refractivity contribution in [2.45, 2.75) is 0 Å². The summed E-state index contributed by atoms with van der Waals surface area (Å²) in [5.74, 6) is 0. The highest BCUT2D eigenvalue weighted by Crippen LogP contribution is 2.14. The van der Waals surface area contributed by atoms with Crippen LogP contribution in [0.2, 0.25) is 0 Å². The molecular formula is C5H4BrNS2. The van der Waals surface area contributed by atoms with Crippen molar-refractivity contribution in [2.24, 2.45) is 0 Å². The van der Waals surface area contributed by atoms with E-state index in [-0.39, 0.29) is 0 Å². The summed E-state index contributed by atoms with van der Waals surface area (Å²) in [6.45, 7) is 0. The second kappa shape index (κ2) is 6.11. The van der Waals surface area contributed by atoms with Gasteiger partial charge in [0.25, 0.3) is 0 Å². The second-order valence-electron chi connectivity index (χ2n) is 1.02. The fourth-order valence-electron chi connectivity index (χ4n) is 0.259. The molecule has 0 unspecified atom stereocenters. The maximum absolute atomic E-state index is 5.77. The number of hydrogen-bond acceptors (Lipinski definition) is 3. The third-order valence-electron chi connectivity index (χ3n) is 0.486. The molecule has 1 rings (SSSR count). The number of hydrogen-bond donors (Lipinski definition) is 1. The van der Waals surface area contributed by atoms with Crippen LogP contribution in [0.4, 0.5) is 0 Å². The van der Waals surface area contributed by atoms with E-state index in [1.807, 2.05) is 17.5 Å². The van der Waals surface area contributed by atoms with E-state index in [0.29, 0.717) is 0 Å². The SMILES string of the molecule is Brc1cccs1.N=C=S. The number of nitrogens with one attached hydrogen (secondary N) is 1. The molecule has 0 spiro atoms. The Bertz CT molecular complexity index is 177. The third-order valence-corrected chi connectivity index (χ3v) is 1.97. The minimum absolute atomic E-state index is 1.20. The Morgan fingerprint density at radius 3 is 2.44 bits per heavy atom. The van der Waals surface area contributed by atoms with Crippen molar-refractivity contribution in [3.63, 3.8) is 0 Å². The van der Waals surface area contributed by atoms with Gasteiger partial charge in [-0.25, -0.2) is 5.41 Å². The number of halogens is 1. The fraction of sp³-hybridized carbons (Fsp3) is 0. The van der Waals surface area contributed by atoms with Crippen molar-refractivity contribution in [1.29, 1.82) is 5.41 Å². The first-order chi connectivity index (χ1) is 4.31. The van der Waals surface area contributed by atoms with E-state index in [9.17, 15) is 0 Å². The maximum atomic E-state index is 5.77. The minimum atomic E-state index is 1.20. The van der Waals surface area contributed by atoms with Gasteiger partial charge in [0.2, 0.25) is 0 Å². The van der Waals surface area contributed by atoms with Gasteiger partial charge in [-0.2, -0.15) is 0 Å². The highest BCUT2D eigenvalue weighted by Gasteiger charge is 1.77. The predicted octanol–water partition coefficient (Wildman–Crippen LogP) is 3.18. The highest BCUT2D eigenvalue weighted by atomic mass is 79.9. The molecule has 0 saturated heterocycles. The minimum Gasteiger partial charge on any atom is -0.248 e. The third kappa shape index (κ3) is 5.86. The molecule has 0 aromatic carbocycles. The summed E-state index contributed by atoms with van der Waals surface area (Å²) in [5, 5.41) is 9.39. The zero-order valence-corrected chi connectivity index (χ0v) is 7.65. The Morgan fingerprint density at radius 1 is 1.78 bits per heavy atom. The van der Waals surface area contributed by atoms with Crippen molar-refractivity contribution in [1.82, 2.24) is 0 Å². The first kappa shape index (κ1) is 8.98. The number of thiocarbonyl (C=S) groups is 1. The molecule has 0 amide bonds. The van der Waals surface area contributed by atoms with E-state index in [0.717, 1.165) is 0 Å². The van der Waals surface area contributed by atoms with Gasteiger partial charge in [-0.3, -0.25) is 0 Å². The molecule has 1 aromatic heterocycles. The monoisotopic (exact) mass is 221 g/mol. The molecule has 48 valence electrons. The van der Waals surface area contributed by atoms with E-state index in [1.54, 1.807) is 16.5 Å². The van der Waals surface area contributed by atoms with Crippen LogP contribution in [0.25, 0.3) is 0 Å². The Labute approximate surface area is 71.4 Å². The lowest BCUT2D eigenvalue weighted by atomic mass is 10.7. The summed E-state index contributed by atoms with van der Waals surface area (Å²) < 4.78 is 1.20. The van der Waals surface area contributed by atoms with Crippen LogP contribution in [0.15, 0.2) is 21.3 Å². The van der Waals surface area contributed by atoms with Gasteiger partial charge in [0.1, 0.15) is 0 Å². The normalized spacial score (nSPS) is 6.78. The molecule has 0 radical (unpaired) electrons. The van der Waals surface area contributed by atoms with Gasteiger partial charge in [-0.15, -0.1) is 11.3 Å². The van der Waals surface area contributed by atoms with E-state index in [4.69, 9.17) is 5.41 Å². The molecule has 1 nitrogen and oxygen atoms in total. The summed E-state index contributed by atoms with van der Waals surface area (Å²) >= 11 is 8.80. The Balaban J connectivity index is 0.000000187. The molecule has 0 aliphatic heterocycles. The number of isothiocyanates is 1. The van der Waals surface area contributed by atoms with Crippen LogP contribution in [0.3, 0.4) is 0 Å². The van der Waals surface area contributed by atoms with Gasteiger partial charge in [0.15, 0.2) is 0 Å². The van der Waals surface area contributed by atoms with Crippen molar-refractivity contribution < 1.29 is 0 Å². The lowest BCUT2D eigenvalue weighted by Crippen LogP contribution is -1.29. The van der Waals surface area contributed by atoms with Crippen LogP contribution >= 0.6 is 39.5 Å². The molecule has 1 N–H and O–H groups in total. The Morgan fingerprint density at radius 2 is 2.33 bits per heavy atom. The summed E-state index contributed by atoms with van der Waals surface area (Å²) in [7, 11) is 0. The molecule has 0 fully saturated rings. The van der Waals surface area contributed by atoms with Gasteiger partial charge in [-0.05, 0) is 39.6 Å². The fourth-order valence-corrected chi connectivity index (χ4v) is 1.18. The van der Waals surface area contributed by atoms with Crippen LogP contribution in [-0.4, -0.2) is 5.16 Å². The lowest BCUT2D eigenvalue weighted by molar-refractivity contribution is 1.61. The molecule has 0 saturated carbocycles. The Kier molecular flexibility index (Phi) is 6.09. The van der Waals surface area contributed by atoms with Crippen molar-refractivity contribution in [3.8, 4) is 0 Å². The van der Waals surface area contributed by atoms with Gasteiger partial charge < -0.3 is 0 Å². The van der Waals surface area contributed by atoms with Gasteiger partial charge in [0.05, 0.1) is 8.95 Å². The largest absolute Gasteiger partial charge is 0.248 e. The molecule has 9 heavy (non-hydrogen) atoms. The van der Waals surface area contributed by atoms with Crippen LogP contribution in [-0.2, 0) is 0 Å². The quantitative estimate of drug-likeness (QED) is 0.529. The average Bonchev–Trinajstić information content (AvgIpc) is 2.20. The smallest absolute Gasteiger partial charge is 0.0698 e. The number of rotatable bonds is 0. The molecular weight excluding hydrogens is 218 g/mol. The van der Waals surface area contributed by atoms with Crippen molar-refractivity contribution in [3.05, 3.63) is 21.3 Å². The predicted molar refractivity (Wildman–Crippen MR) is 47.3 cm³/mol. The van der Waals surface area contributed by atoms with Crippen LogP contribution in [0, 0.1) is 5.41 Å². The molecule has 1 heterocycles. The molecule has 0 atom stereocenters. The standard InChI is InChI=1S/C4H3BrS.CHNS/c5-4-2-1-3-6-4;2-1-3/h1-3H;2H. The van der Waals surface area contributed by atoms with Gasteiger partial charge in [-0.1, -0.05) is 6.07 Å². The number of thiophene rings is 1. The van der Waals surface area contributed by atoms with Gasteiger partial charge >= 0.3 is 0 Å². The summed E-state index contributed by atoms with van der Waals surface area (Å²) in [6, 6.07) is 4.03. The molecule has 1 aromatic rings. The Hall–Kier alpha value is -0.0200. The van der Waals surface area contributed by atoms with Gasteiger partial charge in [0, 0.05) is 0 Å². The summed E-state index contributed by atoms with van der Waals surface area (Å²) in [6.07, 6.45) is 0. The van der Waals surface area contributed by atoms with E-state index < -0.39 is 0 Å². The lowest BCUT2D eigenvalue weighted by Gasteiger charge is -1.62. The molecule has 4 heteroatoms. The van der Waals surface area contributed by atoms with E-state index in [2.05, 4.69) is 28.1 Å². The highest BCUT2D eigenvalue weighted by molar-refractivity contribution is 9.11.